The van der Waals surface area contributed by atoms with Crippen LogP contribution in [0.15, 0.2) is 28.6 Å². The van der Waals surface area contributed by atoms with Crippen LogP contribution in [-0.4, -0.2) is 52.6 Å². The van der Waals surface area contributed by atoms with E-state index in [0.717, 1.165) is 41.0 Å². The summed E-state index contributed by atoms with van der Waals surface area (Å²) in [6.07, 6.45) is 2.42. The Labute approximate surface area is 166 Å². The highest BCUT2D eigenvalue weighted by atomic mass is 32.2. The minimum absolute atomic E-state index is 0.00386. The Morgan fingerprint density at radius 2 is 2.37 bits per heavy atom. The van der Waals surface area contributed by atoms with Gasteiger partial charge in [0.15, 0.2) is 4.34 Å². The summed E-state index contributed by atoms with van der Waals surface area (Å²) in [5.41, 5.74) is 0.784. The van der Waals surface area contributed by atoms with Gasteiger partial charge in [0.05, 0.1) is 11.9 Å². The first-order valence-electron chi connectivity index (χ1n) is 8.98. The molecule has 27 heavy (non-hydrogen) atoms. The monoisotopic (exact) mass is 410 g/mol. The van der Waals surface area contributed by atoms with E-state index in [0.29, 0.717) is 13.1 Å². The molecule has 1 unspecified atom stereocenters. The summed E-state index contributed by atoms with van der Waals surface area (Å²) in [5.74, 6) is -0.0122. The largest absolute Gasteiger partial charge is 0.376 e. The summed E-state index contributed by atoms with van der Waals surface area (Å²) in [7, 11) is 0. The van der Waals surface area contributed by atoms with E-state index in [2.05, 4.69) is 15.5 Å². The van der Waals surface area contributed by atoms with Crippen molar-refractivity contribution in [1.29, 1.82) is 0 Å². The van der Waals surface area contributed by atoms with E-state index in [1.165, 1.54) is 35.2 Å². The predicted molar refractivity (Wildman–Crippen MR) is 106 cm³/mol. The van der Waals surface area contributed by atoms with Gasteiger partial charge in [0.2, 0.25) is 11.0 Å². The summed E-state index contributed by atoms with van der Waals surface area (Å²) in [6, 6.07) is 6.34. The topological polar surface area (TPSA) is 67.4 Å². The molecule has 1 atom stereocenters. The molecule has 2 heterocycles. The maximum atomic E-state index is 13.3. The van der Waals surface area contributed by atoms with Gasteiger partial charge in [0, 0.05) is 26.2 Å². The van der Waals surface area contributed by atoms with Crippen LogP contribution in [0.4, 0.5) is 9.52 Å². The van der Waals surface area contributed by atoms with Crippen molar-refractivity contribution in [2.75, 3.05) is 30.8 Å². The second-order valence-electron chi connectivity index (χ2n) is 6.22. The third-order valence-electron chi connectivity index (χ3n) is 4.23. The van der Waals surface area contributed by atoms with Gasteiger partial charge in [-0.25, -0.2) is 4.39 Å². The molecule has 0 saturated carbocycles. The van der Waals surface area contributed by atoms with Gasteiger partial charge >= 0.3 is 0 Å². The van der Waals surface area contributed by atoms with Crippen LogP contribution in [0, 0.1) is 5.82 Å². The number of aromatic nitrogens is 2. The van der Waals surface area contributed by atoms with Crippen LogP contribution in [0.25, 0.3) is 0 Å². The Kier molecular flexibility index (Phi) is 7.42. The zero-order valence-corrected chi connectivity index (χ0v) is 16.8. The molecule has 0 bridgehead atoms. The number of halogens is 1. The SMILES string of the molecule is CCN(Cc1cccc(F)c1)C(=O)CSc1nnc(NCC2CCCO2)s1. The molecule has 2 aromatic rings. The van der Waals surface area contributed by atoms with Gasteiger partial charge in [-0.1, -0.05) is 35.2 Å². The van der Waals surface area contributed by atoms with Gasteiger partial charge < -0.3 is 15.0 Å². The fraction of sp³-hybridized carbons (Fsp3) is 0.500. The highest BCUT2D eigenvalue weighted by Crippen LogP contribution is 2.26. The van der Waals surface area contributed by atoms with Crippen molar-refractivity contribution in [3.8, 4) is 0 Å². The molecule has 0 radical (unpaired) electrons. The van der Waals surface area contributed by atoms with Gasteiger partial charge in [0.1, 0.15) is 5.82 Å². The molecule has 0 aliphatic carbocycles. The van der Waals surface area contributed by atoms with E-state index in [4.69, 9.17) is 4.74 Å². The van der Waals surface area contributed by atoms with E-state index in [9.17, 15) is 9.18 Å². The van der Waals surface area contributed by atoms with Gasteiger partial charge in [-0.3, -0.25) is 4.79 Å². The summed E-state index contributed by atoms with van der Waals surface area (Å²) in [4.78, 5) is 14.2. The minimum atomic E-state index is -0.290. The molecule has 1 amide bonds. The van der Waals surface area contributed by atoms with Crippen molar-refractivity contribution < 1.29 is 13.9 Å². The number of thioether (sulfide) groups is 1. The van der Waals surface area contributed by atoms with Crippen molar-refractivity contribution in [3.05, 3.63) is 35.6 Å². The van der Waals surface area contributed by atoms with Crippen LogP contribution < -0.4 is 5.32 Å². The molecule has 1 saturated heterocycles. The van der Waals surface area contributed by atoms with Crippen LogP contribution in [0.3, 0.4) is 0 Å². The summed E-state index contributed by atoms with van der Waals surface area (Å²) < 4.78 is 19.6. The third-order valence-corrected chi connectivity index (χ3v) is 6.23. The lowest BCUT2D eigenvalue weighted by atomic mass is 10.2. The molecule has 1 aromatic carbocycles. The average molecular weight is 411 g/mol. The highest BCUT2D eigenvalue weighted by Gasteiger charge is 2.17. The number of carbonyl (C=O) groups is 1. The van der Waals surface area contributed by atoms with E-state index in [-0.39, 0.29) is 23.6 Å². The number of amides is 1. The second-order valence-corrected chi connectivity index (χ2v) is 8.42. The molecular weight excluding hydrogens is 387 g/mol. The number of ether oxygens (including phenoxy) is 1. The Balaban J connectivity index is 1.45. The Morgan fingerprint density at radius 1 is 1.48 bits per heavy atom. The van der Waals surface area contributed by atoms with Gasteiger partial charge in [-0.15, -0.1) is 10.2 Å². The van der Waals surface area contributed by atoms with Gasteiger partial charge in [-0.2, -0.15) is 0 Å². The first-order valence-corrected chi connectivity index (χ1v) is 10.8. The summed E-state index contributed by atoms with van der Waals surface area (Å²) >= 11 is 2.81. The minimum Gasteiger partial charge on any atom is -0.376 e. The van der Waals surface area contributed by atoms with Crippen molar-refractivity contribution in [2.45, 2.75) is 36.8 Å². The molecular formula is C18H23FN4O2S2. The number of nitrogens with one attached hydrogen (secondary N) is 1. The number of carbonyl (C=O) groups excluding carboxylic acids is 1. The normalized spacial score (nSPS) is 16.4. The smallest absolute Gasteiger partial charge is 0.233 e. The fourth-order valence-electron chi connectivity index (χ4n) is 2.79. The van der Waals surface area contributed by atoms with Crippen molar-refractivity contribution >= 4 is 34.1 Å². The second kappa shape index (κ2) is 10.0. The van der Waals surface area contributed by atoms with Crippen molar-refractivity contribution in [3.63, 3.8) is 0 Å². The fourth-order valence-corrected chi connectivity index (χ4v) is 4.45. The number of benzene rings is 1. The lowest BCUT2D eigenvalue weighted by Gasteiger charge is -2.20. The van der Waals surface area contributed by atoms with Crippen LogP contribution in [0.2, 0.25) is 0 Å². The molecule has 1 fully saturated rings. The van der Waals surface area contributed by atoms with E-state index < -0.39 is 0 Å². The molecule has 1 aliphatic heterocycles. The van der Waals surface area contributed by atoms with Crippen molar-refractivity contribution in [2.24, 2.45) is 0 Å². The highest BCUT2D eigenvalue weighted by molar-refractivity contribution is 8.01. The molecule has 1 aliphatic rings. The summed E-state index contributed by atoms with van der Waals surface area (Å²) in [5, 5.41) is 12.2. The van der Waals surface area contributed by atoms with Crippen LogP contribution in [-0.2, 0) is 16.1 Å². The molecule has 1 N–H and O–H groups in total. The van der Waals surface area contributed by atoms with Crippen LogP contribution in [0.5, 0.6) is 0 Å². The Hall–Kier alpha value is -1.71. The van der Waals surface area contributed by atoms with E-state index in [1.54, 1.807) is 11.0 Å². The zero-order chi connectivity index (χ0) is 19.1. The van der Waals surface area contributed by atoms with Crippen LogP contribution >= 0.6 is 23.1 Å². The maximum absolute atomic E-state index is 13.3. The number of hydrogen-bond acceptors (Lipinski definition) is 7. The first-order chi connectivity index (χ1) is 13.1. The molecule has 146 valence electrons. The zero-order valence-electron chi connectivity index (χ0n) is 15.2. The van der Waals surface area contributed by atoms with Gasteiger partial charge in [-0.05, 0) is 37.5 Å². The number of hydrogen-bond donors (Lipinski definition) is 1. The van der Waals surface area contributed by atoms with Crippen LogP contribution in [0.1, 0.15) is 25.3 Å². The Bertz CT molecular complexity index is 752. The standard InChI is InChI=1S/C18H23FN4O2S2/c1-2-23(11-13-5-3-6-14(19)9-13)16(24)12-26-18-22-21-17(27-18)20-10-15-7-4-8-25-15/h3,5-6,9,15H,2,4,7-8,10-12H2,1H3,(H,20,21). The van der Waals surface area contributed by atoms with Gasteiger partial charge in [0.25, 0.3) is 0 Å². The quantitative estimate of drug-likeness (QED) is 0.639. The molecule has 0 spiro atoms. The molecule has 1 aromatic heterocycles. The number of nitrogens with zero attached hydrogens (tertiary/aromatic N) is 3. The first kappa shape index (κ1) is 20.0. The summed E-state index contributed by atoms with van der Waals surface area (Å²) in [6.45, 7) is 4.45. The molecule has 6 nitrogen and oxygen atoms in total. The average Bonchev–Trinajstić information content (AvgIpc) is 3.34. The van der Waals surface area contributed by atoms with E-state index in [1.807, 2.05) is 13.0 Å². The number of anilines is 1. The number of rotatable bonds is 9. The Morgan fingerprint density at radius 3 is 3.11 bits per heavy atom. The molecule has 9 heteroatoms. The third kappa shape index (κ3) is 6.15. The molecule has 3 rings (SSSR count). The lowest BCUT2D eigenvalue weighted by molar-refractivity contribution is -0.128. The van der Waals surface area contributed by atoms with E-state index >= 15 is 0 Å². The predicted octanol–water partition coefficient (Wildman–Crippen LogP) is 3.41. The lowest BCUT2D eigenvalue weighted by Crippen LogP contribution is -2.31. The maximum Gasteiger partial charge on any atom is 0.233 e. The van der Waals surface area contributed by atoms with Crippen molar-refractivity contribution in [1.82, 2.24) is 15.1 Å².